The number of carbonyl (C=O) groups excluding carboxylic acids is 6. The van der Waals surface area contributed by atoms with Crippen LogP contribution in [0.4, 0.5) is 9.59 Å². The van der Waals surface area contributed by atoms with E-state index in [0.717, 1.165) is 17.5 Å². The van der Waals surface area contributed by atoms with Crippen LogP contribution in [-0.4, -0.2) is 132 Å². The third kappa shape index (κ3) is 11.8. The highest BCUT2D eigenvalue weighted by Crippen LogP contribution is 2.26. The summed E-state index contributed by atoms with van der Waals surface area (Å²) in [6.07, 6.45) is 0.429. The smallest absolute Gasteiger partial charge is 0.410 e. The van der Waals surface area contributed by atoms with Crippen molar-refractivity contribution in [3.8, 4) is 0 Å². The Bertz CT molecular complexity index is 2160. The number of ketones is 1. The van der Waals surface area contributed by atoms with Crippen molar-refractivity contribution >= 4 is 46.8 Å². The summed E-state index contributed by atoms with van der Waals surface area (Å²) < 4.78 is 22.9. The Labute approximate surface area is 365 Å². The maximum absolute atomic E-state index is 14.8. The molecule has 0 radical (unpaired) electrons. The summed E-state index contributed by atoms with van der Waals surface area (Å²) in [5, 5.41) is 5.60. The molecule has 4 aromatic rings. The minimum absolute atomic E-state index is 0.0323. The Balaban J connectivity index is 1.09. The zero-order valence-electron chi connectivity index (χ0n) is 35.2. The Kier molecular flexibility index (Phi) is 15.4. The van der Waals surface area contributed by atoms with Crippen molar-refractivity contribution < 1.29 is 47.4 Å². The molecule has 3 aliphatic rings. The number of nitrogens with two attached hydrogens (primary N) is 1. The number of aromatic nitrogens is 1. The number of rotatable bonds is 17. The summed E-state index contributed by atoms with van der Waals surface area (Å²) in [6, 6.07) is 22.1. The third-order valence-corrected chi connectivity index (χ3v) is 11.6. The molecule has 7 rings (SSSR count). The first-order valence-corrected chi connectivity index (χ1v) is 21.7. The number of Topliss-reactive ketones (excluding diaryl/α,β-unsaturated/α-hetero) is 1. The number of aryl methyl sites for hydroxylation is 1. The van der Waals surface area contributed by atoms with E-state index in [2.05, 4.69) is 15.6 Å². The fraction of sp³-hybridized carbons (Fsp3) is 0.457. The van der Waals surface area contributed by atoms with Crippen LogP contribution < -0.4 is 16.4 Å². The number of likely N-dealkylation sites (tertiary alicyclic amines) is 1. The molecular formula is C46H55N7O10. The van der Waals surface area contributed by atoms with E-state index in [1.807, 2.05) is 60.7 Å². The number of carbonyl (C=O) groups is 6. The summed E-state index contributed by atoms with van der Waals surface area (Å²) in [7, 11) is 0. The van der Waals surface area contributed by atoms with E-state index >= 15 is 0 Å². The number of nitrogens with one attached hydrogen (secondary N) is 2. The molecular weight excluding hydrogens is 811 g/mol. The molecule has 4 N–H and O–H groups in total. The Hall–Kier alpha value is -6.33. The van der Waals surface area contributed by atoms with E-state index in [1.165, 1.54) is 9.80 Å². The number of oxazole rings is 1. The molecule has 3 aromatic carbocycles. The van der Waals surface area contributed by atoms with Crippen molar-refractivity contribution in [1.82, 2.24) is 30.3 Å². The molecule has 17 nitrogen and oxygen atoms in total. The molecule has 63 heavy (non-hydrogen) atoms. The zero-order valence-corrected chi connectivity index (χ0v) is 35.2. The van der Waals surface area contributed by atoms with Crippen LogP contribution in [0.5, 0.6) is 0 Å². The Morgan fingerprint density at radius 2 is 1.51 bits per heavy atom. The lowest BCUT2D eigenvalue weighted by atomic mass is 10.0. The van der Waals surface area contributed by atoms with Crippen molar-refractivity contribution in [3.05, 3.63) is 102 Å². The number of hydrogen-bond donors (Lipinski definition) is 3. The molecule has 1 unspecified atom stereocenters. The van der Waals surface area contributed by atoms with Crippen molar-refractivity contribution in [2.24, 2.45) is 5.73 Å². The molecule has 5 amide bonds. The molecule has 17 heteroatoms. The van der Waals surface area contributed by atoms with E-state index in [9.17, 15) is 28.8 Å². The minimum atomic E-state index is -1.20. The predicted octanol–water partition coefficient (Wildman–Crippen LogP) is 3.98. The summed E-state index contributed by atoms with van der Waals surface area (Å²) >= 11 is 0. The number of fused-ring (bicyclic) bond motifs is 1. The predicted molar refractivity (Wildman–Crippen MR) is 229 cm³/mol. The number of ether oxygens (including phenoxy) is 3. The van der Waals surface area contributed by atoms with Crippen LogP contribution in [0.15, 0.2) is 89.3 Å². The van der Waals surface area contributed by atoms with Gasteiger partial charge in [-0.05, 0) is 74.8 Å². The molecule has 0 saturated carbocycles. The van der Waals surface area contributed by atoms with Gasteiger partial charge in [0.1, 0.15) is 36.4 Å². The van der Waals surface area contributed by atoms with Crippen molar-refractivity contribution in [1.29, 1.82) is 0 Å². The minimum Gasteiger partial charge on any atom is -0.445 e. The second kappa shape index (κ2) is 21.6. The quantitative estimate of drug-likeness (QED) is 0.102. The van der Waals surface area contributed by atoms with Crippen LogP contribution in [0.2, 0.25) is 0 Å². The van der Waals surface area contributed by atoms with E-state index < -0.39 is 60.1 Å². The van der Waals surface area contributed by atoms with Crippen LogP contribution in [-0.2, 0) is 41.6 Å². The molecule has 3 aliphatic heterocycles. The second-order valence-electron chi connectivity index (χ2n) is 16.0. The maximum Gasteiger partial charge on any atom is 0.410 e. The summed E-state index contributed by atoms with van der Waals surface area (Å²) in [4.78, 5) is 91.9. The topological polar surface area (TPSA) is 216 Å². The summed E-state index contributed by atoms with van der Waals surface area (Å²) in [5.41, 5.74) is 8.36. The van der Waals surface area contributed by atoms with Crippen molar-refractivity contribution in [2.45, 2.75) is 88.3 Å². The Morgan fingerprint density at radius 3 is 2.21 bits per heavy atom. The highest BCUT2D eigenvalue weighted by Gasteiger charge is 2.45. The number of nitrogens with zero attached hydrogens (tertiary/aromatic N) is 4. The molecule has 5 atom stereocenters. The average molecular weight is 866 g/mol. The first-order valence-electron chi connectivity index (χ1n) is 21.7. The lowest BCUT2D eigenvalue weighted by Crippen LogP contribution is -2.55. The number of para-hydroxylation sites is 2. The molecule has 4 heterocycles. The van der Waals surface area contributed by atoms with E-state index in [1.54, 1.807) is 29.2 Å². The SMILES string of the molecule is NCCCC[C@H](NC(=O)[C@@H]1C[C@@H](OC(=O)N2CCN(C(=O)C3CCCO3)CC2)CN1C(=O)[C@@H](CCc1ccccc1)NC(=O)OCc1ccccc1)C(=O)c1nc2ccccc2o1. The van der Waals surface area contributed by atoms with E-state index in [0.29, 0.717) is 63.0 Å². The fourth-order valence-electron chi connectivity index (χ4n) is 8.15. The molecule has 0 bridgehead atoms. The van der Waals surface area contributed by atoms with Gasteiger partial charge >= 0.3 is 12.2 Å². The molecule has 334 valence electrons. The third-order valence-electron chi connectivity index (χ3n) is 11.6. The Morgan fingerprint density at radius 1 is 0.810 bits per heavy atom. The van der Waals surface area contributed by atoms with Gasteiger partial charge in [-0.15, -0.1) is 0 Å². The monoisotopic (exact) mass is 865 g/mol. The number of benzene rings is 3. The molecule has 3 fully saturated rings. The van der Waals surface area contributed by atoms with Gasteiger partial charge in [-0.2, -0.15) is 0 Å². The van der Waals surface area contributed by atoms with Gasteiger partial charge in [0.15, 0.2) is 5.58 Å². The van der Waals surface area contributed by atoms with Gasteiger partial charge in [0.05, 0.1) is 12.6 Å². The number of hydrogen-bond acceptors (Lipinski definition) is 12. The number of piperazine rings is 1. The van der Waals surface area contributed by atoms with Gasteiger partial charge < -0.3 is 49.7 Å². The lowest BCUT2D eigenvalue weighted by molar-refractivity contribution is -0.142. The van der Waals surface area contributed by atoms with Crippen LogP contribution in [0.3, 0.4) is 0 Å². The standard InChI is InChI=1S/C46H55N7O10/c47-22-10-9-17-35(40(54)42-49-34-16-7-8-18-38(34)63-42)48-41(55)37-28-33(62-46(59)52-25-23-51(24-26-52)44(57)39-19-11-27-60-39)29-53(37)43(56)36(21-20-31-12-3-1-4-13-31)50-45(58)61-30-32-14-5-2-6-15-32/h1-8,12-16,18,33,35-37,39H,9-11,17,19-30,47H2,(H,48,55)(H,50,58)/t33-,35+,36-,37+,39?/m1/s1. The number of amides is 5. The van der Waals surface area contributed by atoms with Gasteiger partial charge in [-0.25, -0.2) is 14.6 Å². The van der Waals surface area contributed by atoms with Crippen LogP contribution in [0, 0.1) is 0 Å². The summed E-state index contributed by atoms with van der Waals surface area (Å²) in [5.74, 6) is -2.05. The normalized spacial score (nSPS) is 19.6. The van der Waals surface area contributed by atoms with Crippen LogP contribution in [0.1, 0.15) is 66.8 Å². The highest BCUT2D eigenvalue weighted by molar-refractivity contribution is 6.01. The van der Waals surface area contributed by atoms with Gasteiger partial charge in [0.2, 0.25) is 17.6 Å². The van der Waals surface area contributed by atoms with E-state index in [-0.39, 0.29) is 57.3 Å². The molecule has 1 aromatic heterocycles. The van der Waals surface area contributed by atoms with Crippen LogP contribution >= 0.6 is 0 Å². The van der Waals surface area contributed by atoms with E-state index in [4.69, 9.17) is 24.4 Å². The van der Waals surface area contributed by atoms with Crippen molar-refractivity contribution in [2.75, 3.05) is 45.9 Å². The average Bonchev–Trinajstić information content (AvgIpc) is 4.11. The second-order valence-corrected chi connectivity index (χ2v) is 16.0. The molecule has 3 saturated heterocycles. The maximum atomic E-state index is 14.8. The summed E-state index contributed by atoms with van der Waals surface area (Å²) in [6.45, 7) is 1.81. The van der Waals surface area contributed by atoms with Crippen LogP contribution in [0.25, 0.3) is 11.1 Å². The van der Waals surface area contributed by atoms with Gasteiger partial charge in [-0.1, -0.05) is 72.8 Å². The number of unbranched alkanes of at least 4 members (excludes halogenated alkanes) is 1. The fourth-order valence-corrected chi connectivity index (χ4v) is 8.15. The molecule has 0 spiro atoms. The largest absolute Gasteiger partial charge is 0.445 e. The van der Waals surface area contributed by atoms with Gasteiger partial charge in [0, 0.05) is 39.2 Å². The van der Waals surface area contributed by atoms with Gasteiger partial charge in [-0.3, -0.25) is 19.2 Å². The first kappa shape index (κ1) is 44.7. The van der Waals surface area contributed by atoms with Gasteiger partial charge in [0.25, 0.3) is 11.8 Å². The highest BCUT2D eigenvalue weighted by atomic mass is 16.6. The van der Waals surface area contributed by atoms with Crippen molar-refractivity contribution in [3.63, 3.8) is 0 Å². The molecule has 0 aliphatic carbocycles. The number of alkyl carbamates (subject to hydrolysis) is 1. The zero-order chi connectivity index (χ0) is 44.1. The lowest BCUT2D eigenvalue weighted by Gasteiger charge is -2.35. The first-order chi connectivity index (χ1) is 30.7.